The number of aliphatic hydroxyl groups is 2. The minimum absolute atomic E-state index is 0.0802. The normalized spacial score (nSPS) is 14.1. The molecule has 5 heteroatoms. The third-order valence-electron chi connectivity index (χ3n) is 2.99. The molecule has 2 aromatic rings. The Bertz CT molecular complexity index is 608. The molecule has 0 heterocycles. The van der Waals surface area contributed by atoms with E-state index in [4.69, 9.17) is 0 Å². The highest BCUT2D eigenvalue weighted by atomic mass is 16.5. The highest BCUT2D eigenvalue weighted by Crippen LogP contribution is 2.33. The number of aromatic hydroxyl groups is 1. The molecule has 0 saturated heterocycles. The van der Waals surface area contributed by atoms with Crippen molar-refractivity contribution < 1.29 is 24.9 Å². The molecular formula is C14H14O5. The average Bonchev–Trinajstić information content (AvgIpc) is 2.45. The largest absolute Gasteiger partial charge is 0.507 e. The number of carbonyl (C=O) groups excluding carboxylic acids is 1. The van der Waals surface area contributed by atoms with Gasteiger partial charge in [-0.25, -0.2) is 4.79 Å². The number of hydrogen-bond acceptors (Lipinski definition) is 5. The van der Waals surface area contributed by atoms with Gasteiger partial charge in [-0.2, -0.15) is 0 Å². The Hall–Kier alpha value is -2.11. The van der Waals surface area contributed by atoms with Gasteiger partial charge in [0.25, 0.3) is 0 Å². The maximum absolute atomic E-state index is 11.2. The van der Waals surface area contributed by atoms with Gasteiger partial charge in [0.15, 0.2) is 6.10 Å². The van der Waals surface area contributed by atoms with E-state index in [1.807, 2.05) is 12.1 Å². The molecule has 2 rings (SSSR count). The number of hydrogen-bond donors (Lipinski definition) is 3. The Kier molecular flexibility index (Phi) is 3.69. The van der Waals surface area contributed by atoms with Gasteiger partial charge in [-0.3, -0.25) is 0 Å². The van der Waals surface area contributed by atoms with Crippen molar-refractivity contribution in [1.29, 1.82) is 0 Å². The topological polar surface area (TPSA) is 87.0 Å². The fourth-order valence-corrected chi connectivity index (χ4v) is 1.93. The van der Waals surface area contributed by atoms with Crippen molar-refractivity contribution in [2.75, 3.05) is 7.11 Å². The van der Waals surface area contributed by atoms with Crippen molar-refractivity contribution in [2.45, 2.75) is 12.2 Å². The summed E-state index contributed by atoms with van der Waals surface area (Å²) in [6.45, 7) is 0. The van der Waals surface area contributed by atoms with Crippen LogP contribution in [0.3, 0.4) is 0 Å². The second-order valence-electron chi connectivity index (χ2n) is 4.14. The van der Waals surface area contributed by atoms with Gasteiger partial charge in [0, 0.05) is 10.9 Å². The highest BCUT2D eigenvalue weighted by molar-refractivity contribution is 5.89. The third kappa shape index (κ3) is 2.38. The first-order valence-corrected chi connectivity index (χ1v) is 5.71. The number of aliphatic hydroxyl groups excluding tert-OH is 2. The molecule has 0 aromatic heterocycles. The Balaban J connectivity index is 2.45. The molecule has 0 amide bonds. The maximum atomic E-state index is 11.2. The molecule has 0 radical (unpaired) electrons. The Morgan fingerprint density at radius 1 is 1.16 bits per heavy atom. The predicted octanol–water partition coefficient (Wildman–Crippen LogP) is 1.11. The van der Waals surface area contributed by atoms with E-state index in [-0.39, 0.29) is 11.3 Å². The van der Waals surface area contributed by atoms with Crippen LogP contribution in [0.4, 0.5) is 0 Å². The van der Waals surface area contributed by atoms with Crippen LogP contribution in [0.25, 0.3) is 10.8 Å². The molecule has 0 aliphatic heterocycles. The van der Waals surface area contributed by atoms with Crippen LogP contribution in [0.1, 0.15) is 11.7 Å². The smallest absolute Gasteiger partial charge is 0.337 e. The summed E-state index contributed by atoms with van der Waals surface area (Å²) >= 11 is 0. The predicted molar refractivity (Wildman–Crippen MR) is 68.6 cm³/mol. The van der Waals surface area contributed by atoms with Gasteiger partial charge < -0.3 is 20.1 Å². The summed E-state index contributed by atoms with van der Waals surface area (Å²) < 4.78 is 4.35. The summed E-state index contributed by atoms with van der Waals surface area (Å²) in [7, 11) is 1.11. The van der Waals surface area contributed by atoms with Crippen molar-refractivity contribution in [3.63, 3.8) is 0 Å². The van der Waals surface area contributed by atoms with Gasteiger partial charge in [-0.1, -0.05) is 36.4 Å². The van der Waals surface area contributed by atoms with Crippen molar-refractivity contribution in [1.82, 2.24) is 0 Å². The van der Waals surface area contributed by atoms with E-state index >= 15 is 0 Å². The van der Waals surface area contributed by atoms with Crippen LogP contribution in [-0.4, -0.2) is 34.5 Å². The second-order valence-corrected chi connectivity index (χ2v) is 4.14. The van der Waals surface area contributed by atoms with Gasteiger partial charge >= 0.3 is 5.97 Å². The van der Waals surface area contributed by atoms with Gasteiger partial charge in [0.2, 0.25) is 0 Å². The van der Waals surface area contributed by atoms with Crippen molar-refractivity contribution in [3.8, 4) is 5.75 Å². The zero-order valence-corrected chi connectivity index (χ0v) is 10.3. The molecule has 0 spiro atoms. The Labute approximate surface area is 109 Å². The molecule has 3 N–H and O–H groups in total. The van der Waals surface area contributed by atoms with Crippen LogP contribution in [0.5, 0.6) is 5.75 Å². The van der Waals surface area contributed by atoms with Crippen molar-refractivity contribution >= 4 is 16.7 Å². The van der Waals surface area contributed by atoms with Crippen molar-refractivity contribution in [2.24, 2.45) is 0 Å². The van der Waals surface area contributed by atoms with E-state index in [1.54, 1.807) is 18.2 Å². The average molecular weight is 262 g/mol. The van der Waals surface area contributed by atoms with Gasteiger partial charge in [-0.05, 0) is 5.39 Å². The van der Waals surface area contributed by atoms with Crippen LogP contribution in [0.2, 0.25) is 0 Å². The Morgan fingerprint density at radius 2 is 1.84 bits per heavy atom. The summed E-state index contributed by atoms with van der Waals surface area (Å²) in [4.78, 5) is 11.2. The molecule has 2 aromatic carbocycles. The van der Waals surface area contributed by atoms with Crippen LogP contribution in [-0.2, 0) is 9.53 Å². The number of carbonyl (C=O) groups is 1. The minimum Gasteiger partial charge on any atom is -0.507 e. The summed E-state index contributed by atoms with van der Waals surface area (Å²) in [6, 6.07) is 10.2. The molecule has 0 saturated carbocycles. The van der Waals surface area contributed by atoms with Crippen LogP contribution < -0.4 is 0 Å². The molecular weight excluding hydrogens is 248 g/mol. The van der Waals surface area contributed by atoms with Crippen LogP contribution in [0, 0.1) is 0 Å². The number of esters is 1. The van der Waals surface area contributed by atoms with Crippen molar-refractivity contribution in [3.05, 3.63) is 42.0 Å². The SMILES string of the molecule is COC(=O)C(O)C(O)c1ccc2ccccc2c1O. The van der Waals surface area contributed by atoms with Gasteiger partial charge in [-0.15, -0.1) is 0 Å². The zero-order chi connectivity index (χ0) is 14.0. The number of ether oxygens (including phenoxy) is 1. The molecule has 2 unspecified atom stereocenters. The quantitative estimate of drug-likeness (QED) is 0.721. The highest BCUT2D eigenvalue weighted by Gasteiger charge is 2.28. The van der Waals surface area contributed by atoms with E-state index in [0.717, 1.165) is 12.5 Å². The molecule has 5 nitrogen and oxygen atoms in total. The number of benzene rings is 2. The molecule has 0 fully saturated rings. The fourth-order valence-electron chi connectivity index (χ4n) is 1.93. The Morgan fingerprint density at radius 3 is 2.53 bits per heavy atom. The summed E-state index contributed by atoms with van der Waals surface area (Å²) in [5.74, 6) is -1.12. The summed E-state index contributed by atoms with van der Waals surface area (Å²) in [5.41, 5.74) is 0.0802. The van der Waals surface area contributed by atoms with Gasteiger partial charge in [0.1, 0.15) is 11.9 Å². The monoisotopic (exact) mass is 262 g/mol. The molecule has 0 aliphatic carbocycles. The zero-order valence-electron chi connectivity index (χ0n) is 10.3. The van der Waals surface area contributed by atoms with E-state index in [0.29, 0.717) is 5.39 Å². The lowest BCUT2D eigenvalue weighted by molar-refractivity contribution is -0.156. The fraction of sp³-hybridized carbons (Fsp3) is 0.214. The first-order chi connectivity index (χ1) is 9.06. The van der Waals surface area contributed by atoms with Crippen LogP contribution in [0.15, 0.2) is 36.4 Å². The van der Waals surface area contributed by atoms with E-state index in [9.17, 15) is 20.1 Å². The number of fused-ring (bicyclic) bond motifs is 1. The second kappa shape index (κ2) is 5.26. The number of rotatable bonds is 3. The third-order valence-corrected chi connectivity index (χ3v) is 2.99. The molecule has 19 heavy (non-hydrogen) atoms. The molecule has 0 bridgehead atoms. The molecule has 100 valence electrons. The van der Waals surface area contributed by atoms with Crippen LogP contribution >= 0.6 is 0 Å². The molecule has 2 atom stereocenters. The lowest BCUT2D eigenvalue weighted by atomic mass is 9.99. The first-order valence-electron chi connectivity index (χ1n) is 5.71. The minimum atomic E-state index is -1.74. The van der Waals surface area contributed by atoms with E-state index in [2.05, 4.69) is 4.74 Å². The maximum Gasteiger partial charge on any atom is 0.337 e. The molecule has 0 aliphatic rings. The number of phenolic OH excluding ortho intramolecular Hbond substituents is 1. The first kappa shape index (κ1) is 13.3. The standard InChI is InChI=1S/C14H14O5/c1-19-14(18)13(17)12(16)10-7-6-8-4-2-3-5-9(8)11(10)15/h2-7,12-13,15-17H,1H3. The van der Waals surface area contributed by atoms with Gasteiger partial charge in [0.05, 0.1) is 7.11 Å². The van der Waals surface area contributed by atoms with E-state index in [1.165, 1.54) is 6.07 Å². The lowest BCUT2D eigenvalue weighted by Crippen LogP contribution is -2.29. The number of phenols is 1. The lowest BCUT2D eigenvalue weighted by Gasteiger charge is -2.18. The summed E-state index contributed by atoms with van der Waals surface area (Å²) in [5, 5.41) is 31.0. The summed E-state index contributed by atoms with van der Waals surface area (Å²) in [6.07, 6.45) is -3.28. The number of methoxy groups -OCH3 is 1. The van der Waals surface area contributed by atoms with E-state index < -0.39 is 18.2 Å².